The average Bonchev–Trinajstić information content (AvgIpc) is 3.31. The third kappa shape index (κ3) is 8.70. The van der Waals surface area contributed by atoms with Gasteiger partial charge in [-0.1, -0.05) is 19.4 Å². The molecule has 43 heavy (non-hydrogen) atoms. The van der Waals surface area contributed by atoms with Crippen molar-refractivity contribution in [3.8, 4) is 6.19 Å². The van der Waals surface area contributed by atoms with Gasteiger partial charge in [0.15, 0.2) is 6.19 Å². The Morgan fingerprint density at radius 2 is 1.77 bits per heavy atom. The van der Waals surface area contributed by atoms with Crippen molar-refractivity contribution in [1.29, 1.82) is 5.26 Å². The van der Waals surface area contributed by atoms with Crippen LogP contribution >= 0.6 is 21.8 Å². The fraction of sp³-hybridized carbons (Fsp3) is 0.462. The summed E-state index contributed by atoms with van der Waals surface area (Å²) in [7, 11) is -8.17. The number of amides is 1. The van der Waals surface area contributed by atoms with Crippen LogP contribution in [-0.2, 0) is 9.59 Å². The van der Waals surface area contributed by atoms with Crippen LogP contribution in [0.25, 0.3) is 0 Å². The molecule has 0 bridgehead atoms. The first kappa shape index (κ1) is 34.3. The maximum atomic E-state index is 13.7. The quantitative estimate of drug-likeness (QED) is 0.147. The van der Waals surface area contributed by atoms with Crippen LogP contribution in [-0.4, -0.2) is 59.1 Å². The first-order valence-corrected chi connectivity index (χ1v) is 15.3. The van der Waals surface area contributed by atoms with Gasteiger partial charge in [0.25, 0.3) is 5.91 Å². The summed E-state index contributed by atoms with van der Waals surface area (Å²) in [5.74, 6) is -4.21. The van der Waals surface area contributed by atoms with Crippen LogP contribution in [0.5, 0.6) is 0 Å². The third-order valence-electron chi connectivity index (χ3n) is 7.10. The number of alkyl halides is 3. The van der Waals surface area contributed by atoms with E-state index in [4.69, 9.17) is 11.6 Å². The van der Waals surface area contributed by atoms with E-state index in [2.05, 4.69) is 10.3 Å². The third-order valence-corrected chi connectivity index (χ3v) is 8.72. The van der Waals surface area contributed by atoms with Crippen LogP contribution in [0.3, 0.4) is 0 Å². The zero-order valence-electron chi connectivity index (χ0n) is 22.6. The lowest BCUT2D eigenvalue weighted by molar-refractivity contribution is -0.124. The highest BCUT2D eigenvalue weighted by atomic mass is 35.5. The number of halogens is 9. The molecular formula is C26H28ClF8N5O2S. The number of likely N-dealkylation sites (tertiary alicyclic amines) is 1. The maximum Gasteiger partial charge on any atom is 0.310 e. The van der Waals surface area contributed by atoms with E-state index in [-0.39, 0.29) is 55.5 Å². The molecule has 7 nitrogen and oxygen atoms in total. The van der Waals surface area contributed by atoms with Gasteiger partial charge in [0, 0.05) is 42.9 Å². The minimum atomic E-state index is -10.00. The number of rotatable bonds is 7. The molecule has 3 atom stereocenters. The van der Waals surface area contributed by atoms with Gasteiger partial charge in [-0.25, -0.2) is 13.2 Å². The summed E-state index contributed by atoms with van der Waals surface area (Å²) in [5.41, 5.74) is -0.511. The van der Waals surface area contributed by atoms with Crippen LogP contribution in [0.15, 0.2) is 47.6 Å². The number of hydrogen-bond donors (Lipinski definition) is 1. The van der Waals surface area contributed by atoms with E-state index in [1.54, 1.807) is 6.19 Å². The van der Waals surface area contributed by atoms with E-state index in [0.29, 0.717) is 35.9 Å². The SMILES string of the molecule is CNC1CCC(F)(F)CC1.N#CN1CCC(Cl)C1C(=O)N(c1ccc(S(F)(F)(F)(F)F)cc1)C(C=O)c1cncc(F)c1. The van der Waals surface area contributed by atoms with Gasteiger partial charge in [-0.15, -0.1) is 11.6 Å². The fourth-order valence-corrected chi connectivity index (χ4v) is 5.79. The summed E-state index contributed by atoms with van der Waals surface area (Å²) in [6, 6.07) is -0.362. The predicted molar refractivity (Wildman–Crippen MR) is 145 cm³/mol. The lowest BCUT2D eigenvalue weighted by Gasteiger charge is -2.40. The molecule has 2 fully saturated rings. The molecule has 1 amide bonds. The summed E-state index contributed by atoms with van der Waals surface area (Å²) in [5, 5.41) is 11.4. The summed E-state index contributed by atoms with van der Waals surface area (Å²) >= 11 is 6.17. The molecule has 2 aliphatic rings. The molecule has 1 aliphatic carbocycles. The topological polar surface area (TPSA) is 89.3 Å². The molecule has 17 heteroatoms. The van der Waals surface area contributed by atoms with Gasteiger partial charge < -0.3 is 10.1 Å². The highest BCUT2D eigenvalue weighted by Gasteiger charge is 2.65. The Labute approximate surface area is 247 Å². The Balaban J connectivity index is 0.000000428. The van der Waals surface area contributed by atoms with Crippen molar-refractivity contribution in [2.45, 2.75) is 66.4 Å². The van der Waals surface area contributed by atoms with Crippen molar-refractivity contribution in [1.82, 2.24) is 15.2 Å². The summed E-state index contributed by atoms with van der Waals surface area (Å²) in [6.07, 6.45) is 5.42. The van der Waals surface area contributed by atoms with Gasteiger partial charge in [0.2, 0.25) is 5.92 Å². The number of nitrogens with zero attached hydrogens (tertiary/aromatic N) is 4. The van der Waals surface area contributed by atoms with Gasteiger partial charge in [-0.2, -0.15) is 5.26 Å². The van der Waals surface area contributed by atoms with Gasteiger partial charge >= 0.3 is 10.2 Å². The van der Waals surface area contributed by atoms with Crippen molar-refractivity contribution in [3.05, 3.63) is 54.1 Å². The first-order valence-electron chi connectivity index (χ1n) is 12.9. The van der Waals surface area contributed by atoms with E-state index < -0.39 is 50.2 Å². The lowest BCUT2D eigenvalue weighted by atomic mass is 9.92. The van der Waals surface area contributed by atoms with Gasteiger partial charge in [0.05, 0.1) is 11.6 Å². The number of aldehydes is 1. The van der Waals surface area contributed by atoms with Crippen molar-refractivity contribution in [3.63, 3.8) is 0 Å². The number of anilines is 1. The minimum Gasteiger partial charge on any atom is -0.317 e. The molecule has 2 heterocycles. The summed E-state index contributed by atoms with van der Waals surface area (Å²) in [6.45, 7) is 0.103. The molecule has 1 N–H and O–H groups in total. The zero-order valence-corrected chi connectivity index (χ0v) is 24.2. The van der Waals surface area contributed by atoms with Gasteiger partial charge in [0.1, 0.15) is 29.1 Å². The van der Waals surface area contributed by atoms with E-state index >= 15 is 0 Å². The first-order chi connectivity index (χ1) is 19.8. The molecule has 4 rings (SSSR count). The highest BCUT2D eigenvalue weighted by Crippen LogP contribution is 3.02. The normalized spacial score (nSPS) is 22.7. The molecule has 2 aromatic rings. The molecule has 1 aromatic carbocycles. The number of aromatic nitrogens is 1. The minimum absolute atomic E-state index is 0.0541. The second-order valence-electron chi connectivity index (χ2n) is 10.2. The Morgan fingerprint density at radius 3 is 2.26 bits per heavy atom. The van der Waals surface area contributed by atoms with Crippen molar-refractivity contribution >= 4 is 39.7 Å². The standard InChI is InChI=1S/C19H15ClF6N4O2S.C7H13F2N/c20-16-5-6-29(11-27)18(16)19(32)30(17(10-31)12-7-13(21)9-28-8-12)14-1-3-15(4-2-14)33(22,23,24,25)26;1-10-6-2-4-7(8,9)5-3-6/h1-4,7-10,16-18H,5-6H2;6,10H,2-5H2,1H3. The zero-order chi connectivity index (χ0) is 32.3. The van der Waals surface area contributed by atoms with Crippen molar-refractivity contribution < 1.29 is 42.2 Å². The molecule has 1 aliphatic heterocycles. The number of nitrogens with one attached hydrogen (secondary N) is 1. The van der Waals surface area contributed by atoms with Gasteiger partial charge in [-0.05, 0) is 56.6 Å². The molecular weight excluding hydrogens is 634 g/mol. The summed E-state index contributed by atoms with van der Waals surface area (Å²) in [4.78, 5) is 28.5. The molecule has 0 radical (unpaired) electrons. The van der Waals surface area contributed by atoms with Crippen LogP contribution in [0.2, 0.25) is 0 Å². The number of carbonyl (C=O) groups excluding carboxylic acids is 2. The fourth-order valence-electron chi connectivity index (χ4n) is 4.79. The van der Waals surface area contributed by atoms with E-state index in [9.17, 15) is 47.5 Å². The number of nitriles is 1. The summed E-state index contributed by atoms with van der Waals surface area (Å²) < 4.78 is 104. The van der Waals surface area contributed by atoms with E-state index in [0.717, 1.165) is 23.4 Å². The van der Waals surface area contributed by atoms with Crippen molar-refractivity contribution in [2.24, 2.45) is 0 Å². The predicted octanol–water partition coefficient (Wildman–Crippen LogP) is 7.10. The second kappa shape index (κ2) is 12.1. The Kier molecular flexibility index (Phi) is 9.65. The molecule has 3 unspecified atom stereocenters. The molecule has 1 aromatic heterocycles. The smallest absolute Gasteiger partial charge is 0.310 e. The molecule has 1 saturated carbocycles. The van der Waals surface area contributed by atoms with E-state index in [1.807, 2.05) is 7.05 Å². The molecule has 1 saturated heterocycles. The van der Waals surface area contributed by atoms with Crippen LogP contribution < -0.4 is 10.2 Å². The molecule has 238 valence electrons. The maximum absolute atomic E-state index is 13.7. The Hall–Kier alpha value is -3.16. The van der Waals surface area contributed by atoms with Crippen LogP contribution in [0.1, 0.15) is 43.7 Å². The monoisotopic (exact) mass is 661 g/mol. The number of hydrogen-bond acceptors (Lipinski definition) is 6. The number of pyridine rings is 1. The number of carbonyl (C=O) groups is 2. The molecule has 0 spiro atoms. The average molecular weight is 662 g/mol. The largest absolute Gasteiger partial charge is 0.317 e. The highest BCUT2D eigenvalue weighted by molar-refractivity contribution is 8.45. The van der Waals surface area contributed by atoms with Gasteiger partial charge in [-0.3, -0.25) is 19.6 Å². The Bertz CT molecular complexity index is 1350. The lowest BCUT2D eigenvalue weighted by Crippen LogP contribution is -2.49. The second-order valence-corrected chi connectivity index (χ2v) is 13.1. The van der Waals surface area contributed by atoms with Crippen LogP contribution in [0.4, 0.5) is 38.3 Å². The number of benzene rings is 1. The van der Waals surface area contributed by atoms with Crippen molar-refractivity contribution in [2.75, 3.05) is 18.5 Å². The van der Waals surface area contributed by atoms with Crippen LogP contribution in [0, 0.1) is 17.3 Å². The Morgan fingerprint density at radius 1 is 1.16 bits per heavy atom. The van der Waals surface area contributed by atoms with E-state index in [1.165, 1.54) is 0 Å².